The molecular weight excluding hydrogens is 418 g/mol. The summed E-state index contributed by atoms with van der Waals surface area (Å²) in [7, 11) is 1.65. The van der Waals surface area contributed by atoms with Crippen LogP contribution in [0.4, 0.5) is 5.69 Å². The summed E-state index contributed by atoms with van der Waals surface area (Å²) in [4.78, 5) is 30.0. The number of carbonyl (C=O) groups excluding carboxylic acids is 2. The number of hydrogen-bond acceptors (Lipinski definition) is 5. The average molecular weight is 450 g/mol. The number of fused-ring (bicyclic) bond motifs is 2. The van der Waals surface area contributed by atoms with E-state index < -0.39 is 0 Å². The van der Waals surface area contributed by atoms with Crippen LogP contribution in [0.3, 0.4) is 0 Å². The number of benzene rings is 2. The topological polar surface area (TPSA) is 71.1 Å². The summed E-state index contributed by atoms with van der Waals surface area (Å²) in [5.41, 5.74) is 2.64. The quantitative estimate of drug-likeness (QED) is 0.778. The summed E-state index contributed by atoms with van der Waals surface area (Å²) in [6, 6.07) is 13.7. The predicted molar refractivity (Wildman–Crippen MR) is 126 cm³/mol. The van der Waals surface area contributed by atoms with Crippen molar-refractivity contribution in [3.8, 4) is 22.6 Å². The molecule has 2 amide bonds. The first-order valence-electron chi connectivity index (χ1n) is 11.8. The van der Waals surface area contributed by atoms with E-state index in [2.05, 4.69) is 10.2 Å². The van der Waals surface area contributed by atoms with Crippen molar-refractivity contribution in [3.63, 3.8) is 0 Å². The highest BCUT2D eigenvalue weighted by Crippen LogP contribution is 2.33. The summed E-state index contributed by atoms with van der Waals surface area (Å²) < 4.78 is 11.5. The van der Waals surface area contributed by atoms with Gasteiger partial charge in [-0.2, -0.15) is 0 Å². The molecule has 2 heterocycles. The van der Waals surface area contributed by atoms with E-state index in [9.17, 15) is 9.59 Å². The maximum Gasteiger partial charge on any atom is 0.238 e. The molecule has 0 unspecified atom stereocenters. The molecule has 7 heteroatoms. The van der Waals surface area contributed by atoms with Gasteiger partial charge in [-0.05, 0) is 48.2 Å². The van der Waals surface area contributed by atoms with Gasteiger partial charge in [0.2, 0.25) is 11.8 Å². The van der Waals surface area contributed by atoms with E-state index >= 15 is 0 Å². The summed E-state index contributed by atoms with van der Waals surface area (Å²) in [6.45, 7) is 2.70. The first kappa shape index (κ1) is 21.8. The fourth-order valence-corrected chi connectivity index (χ4v) is 5.19. The van der Waals surface area contributed by atoms with Crippen molar-refractivity contribution in [1.29, 1.82) is 0 Å². The van der Waals surface area contributed by atoms with Crippen LogP contribution in [0.15, 0.2) is 42.5 Å². The van der Waals surface area contributed by atoms with Crippen molar-refractivity contribution in [2.24, 2.45) is 5.92 Å². The van der Waals surface area contributed by atoms with Crippen LogP contribution >= 0.6 is 0 Å². The lowest BCUT2D eigenvalue weighted by Crippen LogP contribution is -2.58. The maximum atomic E-state index is 13.0. The molecular formula is C26H31N3O4. The third-order valence-electron chi connectivity index (χ3n) is 7.06. The lowest BCUT2D eigenvalue weighted by molar-refractivity contribution is -0.139. The van der Waals surface area contributed by atoms with E-state index in [-0.39, 0.29) is 23.8 Å². The van der Waals surface area contributed by atoms with Gasteiger partial charge in [0, 0.05) is 25.6 Å². The van der Waals surface area contributed by atoms with Crippen LogP contribution in [0, 0.1) is 5.92 Å². The van der Waals surface area contributed by atoms with Crippen molar-refractivity contribution < 1.29 is 19.1 Å². The highest BCUT2D eigenvalue weighted by atomic mass is 16.5. The van der Waals surface area contributed by atoms with E-state index in [1.807, 2.05) is 47.4 Å². The number of hydrogen-bond donors (Lipinski definition) is 1. The molecule has 5 rings (SSSR count). The molecule has 1 saturated heterocycles. The second-order valence-electron chi connectivity index (χ2n) is 9.19. The lowest BCUT2D eigenvalue weighted by atomic mass is 10.0. The number of rotatable bonds is 3. The van der Waals surface area contributed by atoms with Gasteiger partial charge < -0.3 is 19.7 Å². The normalized spacial score (nSPS) is 21.7. The standard InChI is InChI=1S/C26H31N3O4/c1-32-22-8-4-7-19(13-22)20-9-10-24-23(14-20)27-25(30)16-28-11-12-29(15-21(28)17-33-24)26(31)18-5-2-3-6-18/h4,7-10,13-14,18,21H,2-3,5-6,11-12,15-17H2,1H3,(H,27,30)/t21-/m1/s1. The van der Waals surface area contributed by atoms with Gasteiger partial charge in [-0.25, -0.2) is 0 Å². The van der Waals surface area contributed by atoms with Gasteiger partial charge in [0.25, 0.3) is 0 Å². The molecule has 0 aromatic heterocycles. The monoisotopic (exact) mass is 449 g/mol. The van der Waals surface area contributed by atoms with Crippen molar-refractivity contribution >= 4 is 17.5 Å². The van der Waals surface area contributed by atoms with Gasteiger partial charge in [-0.3, -0.25) is 14.5 Å². The Hall–Kier alpha value is -3.06. The molecule has 33 heavy (non-hydrogen) atoms. The third kappa shape index (κ3) is 4.69. The van der Waals surface area contributed by atoms with Crippen LogP contribution in [0.25, 0.3) is 11.1 Å². The minimum Gasteiger partial charge on any atom is -0.497 e. The van der Waals surface area contributed by atoms with E-state index in [1.165, 1.54) is 0 Å². The van der Waals surface area contributed by atoms with Gasteiger partial charge >= 0.3 is 0 Å². The molecule has 1 aliphatic carbocycles. The Kier molecular flexibility index (Phi) is 6.22. The number of anilines is 1. The molecule has 1 atom stereocenters. The Morgan fingerprint density at radius 2 is 1.91 bits per heavy atom. The molecule has 1 saturated carbocycles. The van der Waals surface area contributed by atoms with Gasteiger partial charge in [-0.1, -0.05) is 31.0 Å². The molecule has 0 spiro atoms. The molecule has 1 N–H and O–H groups in total. The molecule has 3 aliphatic rings. The third-order valence-corrected chi connectivity index (χ3v) is 7.06. The van der Waals surface area contributed by atoms with E-state index in [1.54, 1.807) is 7.11 Å². The maximum absolute atomic E-state index is 13.0. The van der Waals surface area contributed by atoms with Crippen molar-refractivity contribution in [3.05, 3.63) is 42.5 Å². The fraction of sp³-hybridized carbons (Fsp3) is 0.462. The smallest absolute Gasteiger partial charge is 0.238 e. The van der Waals surface area contributed by atoms with Crippen LogP contribution in [-0.2, 0) is 9.59 Å². The molecule has 7 nitrogen and oxygen atoms in total. The van der Waals surface area contributed by atoms with Crippen molar-refractivity contribution in [2.75, 3.05) is 45.2 Å². The molecule has 0 radical (unpaired) electrons. The highest BCUT2D eigenvalue weighted by Gasteiger charge is 2.35. The number of ether oxygens (including phenoxy) is 2. The first-order valence-corrected chi connectivity index (χ1v) is 11.8. The summed E-state index contributed by atoms with van der Waals surface area (Å²) in [5, 5.41) is 3.04. The predicted octanol–water partition coefficient (Wildman–Crippen LogP) is 3.40. The largest absolute Gasteiger partial charge is 0.497 e. The van der Waals surface area contributed by atoms with Gasteiger partial charge in [0.1, 0.15) is 18.1 Å². The second kappa shape index (κ2) is 9.43. The second-order valence-corrected chi connectivity index (χ2v) is 9.19. The summed E-state index contributed by atoms with van der Waals surface area (Å²) in [5.74, 6) is 1.82. The zero-order valence-corrected chi connectivity index (χ0v) is 19.1. The van der Waals surface area contributed by atoms with E-state index in [4.69, 9.17) is 9.47 Å². The van der Waals surface area contributed by atoms with Crippen LogP contribution < -0.4 is 14.8 Å². The Morgan fingerprint density at radius 1 is 1.09 bits per heavy atom. The van der Waals surface area contributed by atoms with Crippen LogP contribution in [0.2, 0.25) is 0 Å². The number of amides is 2. The summed E-state index contributed by atoms with van der Waals surface area (Å²) >= 11 is 0. The molecule has 2 aromatic carbocycles. The van der Waals surface area contributed by atoms with Gasteiger partial charge in [-0.15, -0.1) is 0 Å². The average Bonchev–Trinajstić information content (AvgIpc) is 3.39. The Labute approximate surface area is 194 Å². The Morgan fingerprint density at radius 3 is 2.73 bits per heavy atom. The summed E-state index contributed by atoms with van der Waals surface area (Å²) in [6.07, 6.45) is 4.31. The number of methoxy groups -OCH3 is 1. The minimum absolute atomic E-state index is 0.00105. The van der Waals surface area contributed by atoms with Gasteiger partial charge in [0.05, 0.1) is 25.4 Å². The van der Waals surface area contributed by atoms with Crippen LogP contribution in [0.5, 0.6) is 11.5 Å². The van der Waals surface area contributed by atoms with Crippen molar-refractivity contribution in [2.45, 2.75) is 31.7 Å². The number of nitrogens with zero attached hydrogens (tertiary/aromatic N) is 2. The van der Waals surface area contributed by atoms with E-state index in [0.717, 1.165) is 42.6 Å². The Balaban J connectivity index is 1.34. The van der Waals surface area contributed by atoms with Crippen LogP contribution in [0.1, 0.15) is 25.7 Å². The fourth-order valence-electron chi connectivity index (χ4n) is 5.19. The zero-order valence-electron chi connectivity index (χ0n) is 19.1. The molecule has 2 fully saturated rings. The first-order chi connectivity index (χ1) is 16.1. The van der Waals surface area contributed by atoms with Gasteiger partial charge in [0.15, 0.2) is 0 Å². The van der Waals surface area contributed by atoms with Crippen LogP contribution in [-0.4, -0.2) is 67.6 Å². The lowest BCUT2D eigenvalue weighted by Gasteiger charge is -2.41. The number of carbonyl (C=O) groups is 2. The highest BCUT2D eigenvalue weighted by molar-refractivity contribution is 5.94. The molecule has 2 aliphatic heterocycles. The molecule has 0 bridgehead atoms. The SMILES string of the molecule is COc1cccc(-c2ccc3c(c2)NC(=O)CN2CCN(C(=O)C4CCCC4)C[C@@H]2CO3)c1. The number of nitrogens with one attached hydrogen (secondary N) is 1. The van der Waals surface area contributed by atoms with Crippen molar-refractivity contribution in [1.82, 2.24) is 9.80 Å². The molecule has 174 valence electrons. The Bertz CT molecular complexity index is 1030. The van der Waals surface area contributed by atoms with E-state index in [0.29, 0.717) is 44.2 Å². The minimum atomic E-state index is -0.0647. The number of piperazine rings is 1. The molecule has 2 aromatic rings. The zero-order chi connectivity index (χ0) is 22.8.